The summed E-state index contributed by atoms with van der Waals surface area (Å²) in [5, 5.41) is 3.71. The van der Waals surface area contributed by atoms with E-state index < -0.39 is 0 Å². The molecule has 5 nitrogen and oxygen atoms in total. The molecule has 4 rings (SSSR count). The number of hydrogen-bond acceptors (Lipinski definition) is 5. The molecular weight excluding hydrogens is 312 g/mol. The fraction of sp³-hybridized carbons (Fsp3) is 0.350. The SMILES string of the molecule is c1ccc(CCNNC2=Nc3ccccc3NC23CCOCC3)cc1. The maximum absolute atomic E-state index is 5.57. The van der Waals surface area contributed by atoms with E-state index in [1.165, 1.54) is 5.56 Å². The smallest absolute Gasteiger partial charge is 0.142 e. The number of rotatable bonds is 4. The molecule has 130 valence electrons. The average Bonchev–Trinajstić information content (AvgIpc) is 2.67. The van der Waals surface area contributed by atoms with E-state index in [2.05, 4.69) is 46.5 Å². The molecule has 0 aliphatic carbocycles. The largest absolute Gasteiger partial charge is 0.381 e. The third kappa shape index (κ3) is 3.52. The fourth-order valence-corrected chi connectivity index (χ4v) is 3.45. The van der Waals surface area contributed by atoms with Gasteiger partial charge in [0.15, 0.2) is 0 Å². The molecule has 1 spiro atoms. The Balaban J connectivity index is 1.46. The van der Waals surface area contributed by atoms with Crippen LogP contribution in [0.15, 0.2) is 59.6 Å². The normalized spacial score (nSPS) is 18.2. The molecule has 0 radical (unpaired) electrons. The Labute approximate surface area is 148 Å². The first-order chi connectivity index (χ1) is 12.4. The Morgan fingerprint density at radius 3 is 2.60 bits per heavy atom. The third-order valence-electron chi connectivity index (χ3n) is 4.90. The summed E-state index contributed by atoms with van der Waals surface area (Å²) < 4.78 is 5.57. The molecule has 2 heterocycles. The van der Waals surface area contributed by atoms with Crippen LogP contribution in [0.2, 0.25) is 0 Å². The summed E-state index contributed by atoms with van der Waals surface area (Å²) in [6.45, 7) is 2.34. The maximum Gasteiger partial charge on any atom is 0.142 e. The van der Waals surface area contributed by atoms with Crippen LogP contribution in [0.4, 0.5) is 11.4 Å². The zero-order valence-corrected chi connectivity index (χ0v) is 14.3. The average molecular weight is 336 g/mol. The lowest BCUT2D eigenvalue weighted by Crippen LogP contribution is -2.59. The van der Waals surface area contributed by atoms with E-state index in [9.17, 15) is 0 Å². The van der Waals surface area contributed by atoms with Crippen LogP contribution in [-0.2, 0) is 11.2 Å². The molecule has 2 aromatic rings. The summed E-state index contributed by atoms with van der Waals surface area (Å²) in [4.78, 5) is 4.89. The van der Waals surface area contributed by atoms with Crippen molar-refractivity contribution in [2.24, 2.45) is 4.99 Å². The topological polar surface area (TPSA) is 57.7 Å². The molecule has 0 bridgehead atoms. The van der Waals surface area contributed by atoms with Crippen molar-refractivity contribution in [3.63, 3.8) is 0 Å². The van der Waals surface area contributed by atoms with Crippen LogP contribution in [0.25, 0.3) is 0 Å². The molecule has 0 aromatic heterocycles. The number of amidine groups is 1. The fourth-order valence-electron chi connectivity index (χ4n) is 3.45. The van der Waals surface area contributed by atoms with Gasteiger partial charge in [0.1, 0.15) is 11.4 Å². The zero-order valence-electron chi connectivity index (χ0n) is 14.3. The van der Waals surface area contributed by atoms with Gasteiger partial charge in [-0.3, -0.25) is 0 Å². The van der Waals surface area contributed by atoms with Crippen LogP contribution in [0.1, 0.15) is 18.4 Å². The van der Waals surface area contributed by atoms with Crippen LogP contribution in [-0.4, -0.2) is 31.1 Å². The summed E-state index contributed by atoms with van der Waals surface area (Å²) in [7, 11) is 0. The van der Waals surface area contributed by atoms with Crippen molar-refractivity contribution in [3.05, 3.63) is 60.2 Å². The van der Waals surface area contributed by atoms with Crippen molar-refractivity contribution in [1.29, 1.82) is 0 Å². The molecule has 3 N–H and O–H groups in total. The third-order valence-corrected chi connectivity index (χ3v) is 4.90. The van der Waals surface area contributed by atoms with Crippen molar-refractivity contribution in [3.8, 4) is 0 Å². The van der Waals surface area contributed by atoms with Gasteiger partial charge < -0.3 is 15.5 Å². The predicted octanol–water partition coefficient (Wildman–Crippen LogP) is 3.03. The second-order valence-corrected chi connectivity index (χ2v) is 6.58. The van der Waals surface area contributed by atoms with E-state index in [1.807, 2.05) is 24.3 Å². The van der Waals surface area contributed by atoms with Crippen LogP contribution in [0.5, 0.6) is 0 Å². The monoisotopic (exact) mass is 336 g/mol. The van der Waals surface area contributed by atoms with Crippen molar-refractivity contribution in [2.45, 2.75) is 24.8 Å². The summed E-state index contributed by atoms with van der Waals surface area (Å²) in [5.41, 5.74) is 9.95. The van der Waals surface area contributed by atoms with Crippen molar-refractivity contribution >= 4 is 17.2 Å². The lowest BCUT2D eigenvalue weighted by atomic mass is 9.87. The molecule has 1 saturated heterocycles. The van der Waals surface area contributed by atoms with E-state index in [0.717, 1.165) is 56.2 Å². The number of hydrogen-bond donors (Lipinski definition) is 3. The molecule has 0 atom stereocenters. The highest BCUT2D eigenvalue weighted by atomic mass is 16.5. The number of anilines is 1. The molecule has 2 aromatic carbocycles. The summed E-state index contributed by atoms with van der Waals surface area (Å²) in [6, 6.07) is 18.7. The number of hydrazine groups is 1. The minimum atomic E-state index is -0.174. The zero-order chi connectivity index (χ0) is 17.0. The first-order valence-electron chi connectivity index (χ1n) is 8.93. The van der Waals surface area contributed by atoms with Crippen molar-refractivity contribution in [2.75, 3.05) is 25.1 Å². The first kappa shape index (κ1) is 16.1. The van der Waals surface area contributed by atoms with Crippen molar-refractivity contribution < 1.29 is 4.74 Å². The van der Waals surface area contributed by atoms with E-state index in [0.29, 0.717) is 0 Å². The van der Waals surface area contributed by atoms with Gasteiger partial charge in [0.2, 0.25) is 0 Å². The van der Waals surface area contributed by atoms with Gasteiger partial charge in [-0.25, -0.2) is 10.4 Å². The number of nitrogens with one attached hydrogen (secondary N) is 3. The van der Waals surface area contributed by atoms with Gasteiger partial charge in [-0.1, -0.05) is 42.5 Å². The van der Waals surface area contributed by atoms with Crippen LogP contribution in [0, 0.1) is 0 Å². The molecule has 0 amide bonds. The minimum absolute atomic E-state index is 0.174. The summed E-state index contributed by atoms with van der Waals surface area (Å²) in [6.07, 6.45) is 2.79. The van der Waals surface area contributed by atoms with Crippen molar-refractivity contribution in [1.82, 2.24) is 10.9 Å². The molecule has 0 unspecified atom stereocenters. The van der Waals surface area contributed by atoms with Gasteiger partial charge in [-0.05, 0) is 24.1 Å². The maximum atomic E-state index is 5.57. The Kier molecular flexibility index (Phi) is 4.68. The molecule has 2 aliphatic heterocycles. The van der Waals surface area contributed by atoms with Gasteiger partial charge in [0, 0.05) is 32.6 Å². The van der Waals surface area contributed by atoms with E-state index in [1.54, 1.807) is 0 Å². The highest BCUT2D eigenvalue weighted by molar-refractivity contribution is 6.00. The first-order valence-corrected chi connectivity index (χ1v) is 8.93. The van der Waals surface area contributed by atoms with E-state index >= 15 is 0 Å². The number of fused-ring (bicyclic) bond motifs is 1. The highest BCUT2D eigenvalue weighted by Gasteiger charge is 2.40. The standard InChI is InChI=1S/C20H24N4O/c1-2-6-16(7-3-1)10-13-21-24-19-20(11-14-25-15-12-20)23-18-9-5-4-8-17(18)22-19/h1-9,21,23H,10-15H2,(H,22,24). The second kappa shape index (κ2) is 7.25. The lowest BCUT2D eigenvalue weighted by Gasteiger charge is -2.42. The Morgan fingerprint density at radius 1 is 1.00 bits per heavy atom. The summed E-state index contributed by atoms with van der Waals surface area (Å²) in [5.74, 6) is 0.961. The van der Waals surface area contributed by atoms with Gasteiger partial charge >= 0.3 is 0 Å². The number of nitrogens with zero attached hydrogens (tertiary/aromatic N) is 1. The quantitative estimate of drug-likeness (QED) is 0.593. The van der Waals surface area contributed by atoms with Crippen LogP contribution in [0.3, 0.4) is 0 Å². The Bertz CT molecular complexity index is 738. The molecule has 1 fully saturated rings. The number of ether oxygens (including phenoxy) is 1. The lowest BCUT2D eigenvalue weighted by molar-refractivity contribution is 0.0769. The molecular formula is C20H24N4O. The van der Waals surface area contributed by atoms with Gasteiger partial charge in [-0.2, -0.15) is 0 Å². The number of benzene rings is 2. The second-order valence-electron chi connectivity index (χ2n) is 6.58. The van der Waals surface area contributed by atoms with Gasteiger partial charge in [-0.15, -0.1) is 0 Å². The molecule has 25 heavy (non-hydrogen) atoms. The summed E-state index contributed by atoms with van der Waals surface area (Å²) >= 11 is 0. The molecule has 2 aliphatic rings. The molecule has 0 saturated carbocycles. The minimum Gasteiger partial charge on any atom is -0.381 e. The Hall–Kier alpha value is -2.37. The van der Waals surface area contributed by atoms with Crippen LogP contribution >= 0.6 is 0 Å². The van der Waals surface area contributed by atoms with Gasteiger partial charge in [0.05, 0.1) is 11.4 Å². The van der Waals surface area contributed by atoms with Gasteiger partial charge in [0.25, 0.3) is 0 Å². The Morgan fingerprint density at radius 2 is 1.76 bits per heavy atom. The van der Waals surface area contributed by atoms with Crippen LogP contribution < -0.4 is 16.2 Å². The van der Waals surface area contributed by atoms with E-state index in [-0.39, 0.29) is 5.54 Å². The number of aliphatic imine (C=N–C) groups is 1. The van der Waals surface area contributed by atoms with E-state index in [4.69, 9.17) is 9.73 Å². The predicted molar refractivity (Wildman–Crippen MR) is 101 cm³/mol. The molecule has 5 heteroatoms. The highest BCUT2D eigenvalue weighted by Crippen LogP contribution is 2.37. The number of para-hydroxylation sites is 2.